The smallest absolute Gasteiger partial charge is 0.179 e. The molecule has 0 unspecified atom stereocenters. The SMILES string of the molecule is OC(O)c1[c]cccc1. The minimum absolute atomic E-state index is 0.400. The van der Waals surface area contributed by atoms with Crippen LogP contribution in [-0.4, -0.2) is 10.2 Å². The van der Waals surface area contributed by atoms with Gasteiger partial charge in [-0.3, -0.25) is 0 Å². The van der Waals surface area contributed by atoms with Crippen LogP contribution in [0.5, 0.6) is 0 Å². The zero-order chi connectivity index (χ0) is 6.69. The quantitative estimate of drug-likeness (QED) is 0.533. The van der Waals surface area contributed by atoms with Crippen molar-refractivity contribution in [3.63, 3.8) is 0 Å². The Morgan fingerprint density at radius 1 is 1.33 bits per heavy atom. The molecule has 9 heavy (non-hydrogen) atoms. The molecule has 0 saturated heterocycles. The molecule has 0 bridgehead atoms. The van der Waals surface area contributed by atoms with Gasteiger partial charge in [-0.2, -0.15) is 0 Å². The van der Waals surface area contributed by atoms with E-state index in [0.717, 1.165) is 0 Å². The highest BCUT2D eigenvalue weighted by Crippen LogP contribution is 2.05. The zero-order valence-corrected chi connectivity index (χ0v) is 4.78. The van der Waals surface area contributed by atoms with Gasteiger partial charge >= 0.3 is 0 Å². The lowest BCUT2D eigenvalue weighted by molar-refractivity contribution is -0.0426. The molecular formula is C7H7O2. The van der Waals surface area contributed by atoms with Crippen molar-refractivity contribution in [3.05, 3.63) is 35.9 Å². The lowest BCUT2D eigenvalue weighted by atomic mass is 10.2. The molecule has 1 aromatic rings. The van der Waals surface area contributed by atoms with Crippen LogP contribution in [0.15, 0.2) is 24.3 Å². The summed E-state index contributed by atoms with van der Waals surface area (Å²) in [5.74, 6) is 0. The molecular weight excluding hydrogens is 116 g/mol. The van der Waals surface area contributed by atoms with Crippen LogP contribution in [0.2, 0.25) is 0 Å². The second-order valence-corrected chi connectivity index (χ2v) is 1.69. The summed E-state index contributed by atoms with van der Waals surface area (Å²) in [6.45, 7) is 0. The third-order valence-corrected chi connectivity index (χ3v) is 1.01. The van der Waals surface area contributed by atoms with Gasteiger partial charge in [0, 0.05) is 5.56 Å². The molecule has 1 radical (unpaired) electrons. The number of hydrogen-bond acceptors (Lipinski definition) is 2. The molecule has 0 fully saturated rings. The van der Waals surface area contributed by atoms with Crippen molar-refractivity contribution in [3.8, 4) is 0 Å². The van der Waals surface area contributed by atoms with Gasteiger partial charge in [0.15, 0.2) is 6.29 Å². The Balaban J connectivity index is 2.85. The van der Waals surface area contributed by atoms with E-state index in [1.807, 2.05) is 0 Å². The minimum Gasteiger partial charge on any atom is -0.364 e. The van der Waals surface area contributed by atoms with Crippen molar-refractivity contribution in [1.29, 1.82) is 0 Å². The number of hydrogen-bond donors (Lipinski definition) is 2. The standard InChI is InChI=1S/C7H7O2/c8-7(9)6-4-2-1-3-5-6/h1-4,7-9H. The van der Waals surface area contributed by atoms with E-state index in [9.17, 15) is 0 Å². The van der Waals surface area contributed by atoms with E-state index in [1.54, 1.807) is 24.3 Å². The summed E-state index contributed by atoms with van der Waals surface area (Å²) in [7, 11) is 0. The molecule has 0 amide bonds. The summed E-state index contributed by atoms with van der Waals surface area (Å²) in [6, 6.07) is 9.40. The molecule has 0 saturated carbocycles. The van der Waals surface area contributed by atoms with Crippen molar-refractivity contribution in [2.45, 2.75) is 6.29 Å². The summed E-state index contributed by atoms with van der Waals surface area (Å²) in [4.78, 5) is 0. The van der Waals surface area contributed by atoms with Crippen LogP contribution in [-0.2, 0) is 0 Å². The predicted molar refractivity (Wildman–Crippen MR) is 32.5 cm³/mol. The fourth-order valence-corrected chi connectivity index (χ4v) is 0.568. The Morgan fingerprint density at radius 2 is 2.11 bits per heavy atom. The van der Waals surface area contributed by atoms with Crippen molar-refractivity contribution in [2.75, 3.05) is 0 Å². The summed E-state index contributed by atoms with van der Waals surface area (Å²) in [5.41, 5.74) is 0.400. The molecule has 2 nitrogen and oxygen atoms in total. The predicted octanol–water partition coefficient (Wildman–Crippen LogP) is 0.470. The minimum atomic E-state index is -1.40. The fourth-order valence-electron chi connectivity index (χ4n) is 0.568. The topological polar surface area (TPSA) is 40.5 Å². The summed E-state index contributed by atoms with van der Waals surface area (Å²) >= 11 is 0. The van der Waals surface area contributed by atoms with Gasteiger partial charge in [-0.1, -0.05) is 24.3 Å². The first-order chi connectivity index (χ1) is 4.30. The average molecular weight is 123 g/mol. The second kappa shape index (κ2) is 2.62. The van der Waals surface area contributed by atoms with Crippen LogP contribution >= 0.6 is 0 Å². The van der Waals surface area contributed by atoms with E-state index >= 15 is 0 Å². The van der Waals surface area contributed by atoms with E-state index in [0.29, 0.717) is 5.56 Å². The molecule has 47 valence electrons. The molecule has 0 spiro atoms. The summed E-state index contributed by atoms with van der Waals surface area (Å²) in [6.07, 6.45) is -1.40. The van der Waals surface area contributed by atoms with Gasteiger partial charge in [0.1, 0.15) is 0 Å². The molecule has 0 heterocycles. The molecule has 0 aliphatic heterocycles. The third kappa shape index (κ3) is 1.52. The Labute approximate surface area is 53.4 Å². The van der Waals surface area contributed by atoms with Gasteiger partial charge in [0.2, 0.25) is 0 Å². The largest absolute Gasteiger partial charge is 0.364 e. The van der Waals surface area contributed by atoms with Gasteiger partial charge in [-0.25, -0.2) is 0 Å². The number of benzene rings is 1. The van der Waals surface area contributed by atoms with Crippen LogP contribution in [0.4, 0.5) is 0 Å². The zero-order valence-electron chi connectivity index (χ0n) is 4.78. The summed E-state index contributed by atoms with van der Waals surface area (Å²) < 4.78 is 0. The Hall–Kier alpha value is -0.860. The first-order valence-corrected chi connectivity index (χ1v) is 2.63. The van der Waals surface area contributed by atoms with Crippen molar-refractivity contribution < 1.29 is 10.2 Å². The van der Waals surface area contributed by atoms with Gasteiger partial charge in [0.05, 0.1) is 0 Å². The average Bonchev–Trinajstić information content (AvgIpc) is 1.90. The molecule has 1 aromatic carbocycles. The molecule has 0 aromatic heterocycles. The van der Waals surface area contributed by atoms with E-state index < -0.39 is 6.29 Å². The Bertz CT molecular complexity index is 170. The van der Waals surface area contributed by atoms with Crippen LogP contribution < -0.4 is 0 Å². The van der Waals surface area contributed by atoms with Crippen molar-refractivity contribution >= 4 is 0 Å². The van der Waals surface area contributed by atoms with Gasteiger partial charge in [0.25, 0.3) is 0 Å². The second-order valence-electron chi connectivity index (χ2n) is 1.69. The number of rotatable bonds is 1. The van der Waals surface area contributed by atoms with Crippen LogP contribution in [0, 0.1) is 6.07 Å². The van der Waals surface area contributed by atoms with Crippen molar-refractivity contribution in [2.24, 2.45) is 0 Å². The maximum atomic E-state index is 8.55. The van der Waals surface area contributed by atoms with E-state index in [-0.39, 0.29) is 0 Å². The van der Waals surface area contributed by atoms with Crippen molar-refractivity contribution in [1.82, 2.24) is 0 Å². The lowest BCUT2D eigenvalue weighted by Gasteiger charge is -1.99. The van der Waals surface area contributed by atoms with Crippen LogP contribution in [0.1, 0.15) is 11.9 Å². The molecule has 2 heteroatoms. The molecule has 1 rings (SSSR count). The summed E-state index contributed by atoms with van der Waals surface area (Å²) in [5, 5.41) is 17.1. The molecule has 0 aliphatic rings. The first-order valence-electron chi connectivity index (χ1n) is 2.63. The van der Waals surface area contributed by atoms with E-state index in [1.165, 1.54) is 0 Å². The van der Waals surface area contributed by atoms with Crippen LogP contribution in [0.25, 0.3) is 0 Å². The van der Waals surface area contributed by atoms with E-state index in [4.69, 9.17) is 10.2 Å². The molecule has 2 N–H and O–H groups in total. The maximum Gasteiger partial charge on any atom is 0.179 e. The molecule has 0 aliphatic carbocycles. The van der Waals surface area contributed by atoms with Crippen LogP contribution in [0.3, 0.4) is 0 Å². The third-order valence-electron chi connectivity index (χ3n) is 1.01. The maximum absolute atomic E-state index is 8.55. The number of aliphatic hydroxyl groups is 2. The monoisotopic (exact) mass is 123 g/mol. The van der Waals surface area contributed by atoms with Gasteiger partial charge < -0.3 is 10.2 Å². The van der Waals surface area contributed by atoms with Gasteiger partial charge in [-0.15, -0.1) is 0 Å². The highest BCUT2D eigenvalue weighted by molar-refractivity contribution is 5.13. The molecule has 0 atom stereocenters. The van der Waals surface area contributed by atoms with Gasteiger partial charge in [-0.05, 0) is 6.07 Å². The highest BCUT2D eigenvalue weighted by atomic mass is 16.5. The number of aliphatic hydroxyl groups excluding tert-OH is 1. The first kappa shape index (κ1) is 6.26. The Kier molecular flexibility index (Phi) is 1.82. The highest BCUT2D eigenvalue weighted by Gasteiger charge is 1.97. The fraction of sp³-hybridized carbons (Fsp3) is 0.143. The Morgan fingerprint density at radius 3 is 2.44 bits per heavy atom. The normalized spacial score (nSPS) is 10.1. The van der Waals surface area contributed by atoms with E-state index in [2.05, 4.69) is 6.07 Å². The lowest BCUT2D eigenvalue weighted by Crippen LogP contribution is -1.92.